The number of ether oxygens (including phenoxy) is 3. The van der Waals surface area contributed by atoms with Crippen molar-refractivity contribution < 1.29 is 23.8 Å². The zero-order valence-corrected chi connectivity index (χ0v) is 17.6. The lowest BCUT2D eigenvalue weighted by Crippen LogP contribution is -2.16. The van der Waals surface area contributed by atoms with Gasteiger partial charge in [-0.25, -0.2) is 5.43 Å². The van der Waals surface area contributed by atoms with Gasteiger partial charge in [0.1, 0.15) is 0 Å². The summed E-state index contributed by atoms with van der Waals surface area (Å²) in [4.78, 5) is 25.7. The molecular formula is C21H24N2O5S. The minimum absolute atomic E-state index is 0.198. The van der Waals surface area contributed by atoms with Gasteiger partial charge in [-0.3, -0.25) is 9.59 Å². The number of hydrogen-bond acceptors (Lipinski definition) is 7. The molecule has 154 valence electrons. The molecule has 0 bridgehead atoms. The third-order valence-corrected chi connectivity index (χ3v) is 5.81. The first-order valence-corrected chi connectivity index (χ1v) is 10.2. The molecule has 0 radical (unpaired) electrons. The van der Waals surface area contributed by atoms with Gasteiger partial charge in [-0.2, -0.15) is 5.10 Å². The number of methoxy groups -OCH3 is 2. The second-order valence-electron chi connectivity index (χ2n) is 6.67. The van der Waals surface area contributed by atoms with Gasteiger partial charge in [0.2, 0.25) is 5.75 Å². The molecule has 0 spiro atoms. The van der Waals surface area contributed by atoms with E-state index in [0.717, 1.165) is 12.8 Å². The molecule has 7 nitrogen and oxygen atoms in total. The second kappa shape index (κ2) is 9.56. The van der Waals surface area contributed by atoms with Gasteiger partial charge >= 0.3 is 5.97 Å². The number of hydrazone groups is 1. The van der Waals surface area contributed by atoms with E-state index in [0.29, 0.717) is 21.9 Å². The summed E-state index contributed by atoms with van der Waals surface area (Å²) in [6.07, 6.45) is 7.17. The number of carbonyl (C=O) groups excluding carboxylic acids is 2. The molecule has 1 N–H and O–H groups in total. The quantitative estimate of drug-likeness (QED) is 0.255. The van der Waals surface area contributed by atoms with Crippen molar-refractivity contribution in [3.63, 3.8) is 0 Å². The molecule has 0 atom stereocenters. The fourth-order valence-electron chi connectivity index (χ4n) is 3.22. The molecule has 0 unspecified atom stereocenters. The predicted octanol–water partition coefficient (Wildman–Crippen LogP) is 3.72. The van der Waals surface area contributed by atoms with Crippen LogP contribution in [0.2, 0.25) is 0 Å². The van der Waals surface area contributed by atoms with Crippen LogP contribution in [0.25, 0.3) is 0 Å². The summed E-state index contributed by atoms with van der Waals surface area (Å²) in [7, 11) is 2.93. The Hall–Kier alpha value is -2.87. The molecule has 29 heavy (non-hydrogen) atoms. The highest BCUT2D eigenvalue weighted by molar-refractivity contribution is 7.14. The first-order chi connectivity index (χ1) is 14.0. The molecule has 0 saturated heterocycles. The summed E-state index contributed by atoms with van der Waals surface area (Å²) in [5.41, 5.74) is 4.48. The van der Waals surface area contributed by atoms with Gasteiger partial charge in [-0.05, 0) is 49.4 Å². The maximum atomic E-state index is 12.4. The van der Waals surface area contributed by atoms with E-state index in [-0.39, 0.29) is 11.7 Å². The molecule has 0 saturated carbocycles. The summed E-state index contributed by atoms with van der Waals surface area (Å²) < 4.78 is 15.7. The van der Waals surface area contributed by atoms with E-state index in [1.807, 2.05) is 6.07 Å². The van der Waals surface area contributed by atoms with Gasteiger partial charge in [0, 0.05) is 17.4 Å². The molecule has 1 aromatic carbocycles. The van der Waals surface area contributed by atoms with Crippen LogP contribution in [-0.4, -0.2) is 32.3 Å². The summed E-state index contributed by atoms with van der Waals surface area (Å²) >= 11 is 1.55. The van der Waals surface area contributed by atoms with E-state index in [1.165, 1.54) is 57.1 Å². The highest BCUT2D eigenvalue weighted by Crippen LogP contribution is 2.38. The van der Waals surface area contributed by atoms with E-state index >= 15 is 0 Å². The molecule has 0 fully saturated rings. The van der Waals surface area contributed by atoms with E-state index < -0.39 is 5.97 Å². The fraction of sp³-hybridized carbons (Fsp3) is 0.381. The number of rotatable bonds is 6. The van der Waals surface area contributed by atoms with Gasteiger partial charge in [-0.15, -0.1) is 11.3 Å². The molecule has 1 aliphatic carbocycles. The van der Waals surface area contributed by atoms with Gasteiger partial charge in [0.15, 0.2) is 11.5 Å². The molecule has 1 aliphatic rings. The molecule has 1 heterocycles. The number of nitrogens with zero attached hydrogens (tertiary/aromatic N) is 1. The Morgan fingerprint density at radius 1 is 1.07 bits per heavy atom. The van der Waals surface area contributed by atoms with Crippen molar-refractivity contribution in [2.75, 3.05) is 14.2 Å². The summed E-state index contributed by atoms with van der Waals surface area (Å²) in [6, 6.07) is 5.27. The zero-order chi connectivity index (χ0) is 20.8. The number of amides is 1. The van der Waals surface area contributed by atoms with Crippen LogP contribution in [0, 0.1) is 0 Å². The number of esters is 1. The van der Waals surface area contributed by atoms with E-state index in [2.05, 4.69) is 10.5 Å². The van der Waals surface area contributed by atoms with Crippen molar-refractivity contribution in [1.29, 1.82) is 0 Å². The third kappa shape index (κ3) is 5.14. The monoisotopic (exact) mass is 416 g/mol. The van der Waals surface area contributed by atoms with Crippen LogP contribution in [0.15, 0.2) is 23.3 Å². The van der Waals surface area contributed by atoms with Crippen LogP contribution < -0.4 is 19.6 Å². The Morgan fingerprint density at radius 2 is 1.76 bits per heavy atom. The molecule has 1 aromatic heterocycles. The van der Waals surface area contributed by atoms with Crippen molar-refractivity contribution >= 4 is 29.4 Å². The smallest absolute Gasteiger partial charge is 0.308 e. The number of fused-ring (bicyclic) bond motifs is 1. The molecular weight excluding hydrogens is 392 g/mol. The van der Waals surface area contributed by atoms with Crippen molar-refractivity contribution in [2.45, 2.75) is 39.0 Å². The lowest BCUT2D eigenvalue weighted by Gasteiger charge is -2.13. The van der Waals surface area contributed by atoms with Crippen LogP contribution in [0.3, 0.4) is 0 Å². The van der Waals surface area contributed by atoms with Crippen LogP contribution in [0.4, 0.5) is 0 Å². The fourth-order valence-corrected chi connectivity index (χ4v) is 4.36. The highest BCUT2D eigenvalue weighted by atomic mass is 32.1. The average Bonchev–Trinajstić information content (AvgIpc) is 2.98. The van der Waals surface area contributed by atoms with Gasteiger partial charge in [0.25, 0.3) is 5.91 Å². The number of nitrogens with one attached hydrogen (secondary N) is 1. The van der Waals surface area contributed by atoms with E-state index in [4.69, 9.17) is 14.2 Å². The largest absolute Gasteiger partial charge is 0.493 e. The first-order valence-electron chi connectivity index (χ1n) is 9.41. The Balaban J connectivity index is 1.72. The van der Waals surface area contributed by atoms with Crippen molar-refractivity contribution in [1.82, 2.24) is 5.43 Å². The molecule has 2 aromatic rings. The first kappa shape index (κ1) is 20.9. The summed E-state index contributed by atoms with van der Waals surface area (Å²) in [5, 5.41) is 4.05. The normalized spacial score (nSPS) is 13.5. The SMILES string of the molecule is COc1cc(/C=N\NC(=O)c2cc3c(s2)CCCCC3)cc(OC)c1OC(C)=O. The van der Waals surface area contributed by atoms with Crippen LogP contribution in [0.1, 0.15) is 51.9 Å². The number of benzene rings is 1. The second-order valence-corrected chi connectivity index (χ2v) is 7.80. The van der Waals surface area contributed by atoms with Crippen LogP contribution >= 0.6 is 11.3 Å². The van der Waals surface area contributed by atoms with Gasteiger partial charge in [-0.1, -0.05) is 6.42 Å². The maximum Gasteiger partial charge on any atom is 0.308 e. The number of hydrogen-bond donors (Lipinski definition) is 1. The Bertz CT molecular complexity index is 887. The van der Waals surface area contributed by atoms with Crippen LogP contribution in [-0.2, 0) is 17.6 Å². The minimum Gasteiger partial charge on any atom is -0.493 e. The Morgan fingerprint density at radius 3 is 2.41 bits per heavy atom. The number of carbonyl (C=O) groups is 2. The Kier molecular flexibility index (Phi) is 6.87. The number of aryl methyl sites for hydroxylation is 2. The molecule has 8 heteroatoms. The van der Waals surface area contributed by atoms with Gasteiger partial charge < -0.3 is 14.2 Å². The van der Waals surface area contributed by atoms with Crippen molar-refractivity contribution in [3.8, 4) is 17.2 Å². The van der Waals surface area contributed by atoms with E-state index in [1.54, 1.807) is 23.5 Å². The minimum atomic E-state index is -0.482. The predicted molar refractivity (Wildman–Crippen MR) is 111 cm³/mol. The van der Waals surface area contributed by atoms with Crippen molar-refractivity contribution in [3.05, 3.63) is 39.1 Å². The third-order valence-electron chi connectivity index (χ3n) is 4.58. The number of thiophene rings is 1. The van der Waals surface area contributed by atoms with Crippen molar-refractivity contribution in [2.24, 2.45) is 5.10 Å². The average molecular weight is 416 g/mol. The summed E-state index contributed by atoms with van der Waals surface area (Å²) in [5.74, 6) is 0.145. The highest BCUT2D eigenvalue weighted by Gasteiger charge is 2.17. The van der Waals surface area contributed by atoms with Gasteiger partial charge in [0.05, 0.1) is 25.3 Å². The maximum absolute atomic E-state index is 12.4. The molecule has 1 amide bonds. The summed E-state index contributed by atoms with van der Waals surface area (Å²) in [6.45, 7) is 1.30. The van der Waals surface area contributed by atoms with E-state index in [9.17, 15) is 9.59 Å². The standard InChI is InChI=1S/C21H24N2O5S/c1-13(24)28-20-16(26-2)9-14(10-17(20)27-3)12-22-23-21(25)19-11-15-7-5-4-6-8-18(15)29-19/h9-12H,4-8H2,1-3H3,(H,23,25)/b22-12-. The van der Waals surface area contributed by atoms with Crippen LogP contribution in [0.5, 0.6) is 17.2 Å². The lowest BCUT2D eigenvalue weighted by atomic mass is 10.1. The topological polar surface area (TPSA) is 86.2 Å². The molecule has 0 aliphatic heterocycles. The molecule has 3 rings (SSSR count). The Labute approximate surface area is 173 Å². The lowest BCUT2D eigenvalue weighted by molar-refractivity contribution is -0.132. The zero-order valence-electron chi connectivity index (χ0n) is 16.7.